The minimum absolute atomic E-state index is 0. The van der Waals surface area contributed by atoms with E-state index >= 15 is 0 Å². The number of benzene rings is 1. The molecule has 0 spiro atoms. The van der Waals surface area contributed by atoms with Crippen molar-refractivity contribution in [3.8, 4) is 0 Å². The molecule has 1 aliphatic rings. The highest BCUT2D eigenvalue weighted by atomic mass is 127. The fraction of sp³-hybridized carbons (Fsp3) is 0.650. The maximum absolute atomic E-state index is 4.33. The number of piperazine rings is 1. The van der Waals surface area contributed by atoms with Gasteiger partial charge in [-0.25, -0.2) is 0 Å². The number of hydrogen-bond acceptors (Lipinski definition) is 3. The van der Waals surface area contributed by atoms with Gasteiger partial charge in [0.05, 0.1) is 0 Å². The Morgan fingerprint density at radius 2 is 1.73 bits per heavy atom. The highest BCUT2D eigenvalue weighted by molar-refractivity contribution is 14.0. The average Bonchev–Trinajstić information content (AvgIpc) is 2.66. The molecule has 1 aromatic rings. The van der Waals surface area contributed by atoms with Crippen molar-refractivity contribution in [1.82, 2.24) is 20.4 Å². The second kappa shape index (κ2) is 13.3. The summed E-state index contributed by atoms with van der Waals surface area (Å²) in [5.74, 6) is 1.51. The first-order valence-corrected chi connectivity index (χ1v) is 9.64. The van der Waals surface area contributed by atoms with E-state index in [1.165, 1.54) is 38.3 Å². The van der Waals surface area contributed by atoms with Gasteiger partial charge in [0.1, 0.15) is 0 Å². The molecule has 5 nitrogen and oxygen atoms in total. The van der Waals surface area contributed by atoms with Gasteiger partial charge in [-0.1, -0.05) is 44.2 Å². The molecule has 0 saturated carbocycles. The van der Waals surface area contributed by atoms with Crippen molar-refractivity contribution in [2.45, 2.75) is 20.3 Å². The van der Waals surface area contributed by atoms with E-state index in [0.717, 1.165) is 32.0 Å². The first-order valence-electron chi connectivity index (χ1n) is 9.64. The number of halogens is 1. The Balaban J connectivity index is 0.00000338. The molecule has 1 heterocycles. The summed E-state index contributed by atoms with van der Waals surface area (Å²) in [5.41, 5.74) is 1.35. The maximum atomic E-state index is 4.33. The van der Waals surface area contributed by atoms with Crippen molar-refractivity contribution in [3.63, 3.8) is 0 Å². The minimum Gasteiger partial charge on any atom is -0.356 e. The van der Waals surface area contributed by atoms with Crippen LogP contribution in [0, 0.1) is 5.92 Å². The van der Waals surface area contributed by atoms with Crippen LogP contribution in [0.2, 0.25) is 0 Å². The van der Waals surface area contributed by atoms with Gasteiger partial charge in [-0.3, -0.25) is 4.99 Å². The molecule has 0 bridgehead atoms. The van der Waals surface area contributed by atoms with Gasteiger partial charge in [0, 0.05) is 52.9 Å². The van der Waals surface area contributed by atoms with Crippen molar-refractivity contribution in [3.05, 3.63) is 35.9 Å². The van der Waals surface area contributed by atoms with E-state index in [0.29, 0.717) is 5.92 Å². The number of aliphatic imine (C=N–C) groups is 1. The largest absolute Gasteiger partial charge is 0.356 e. The first-order chi connectivity index (χ1) is 12.2. The average molecular weight is 473 g/mol. The summed E-state index contributed by atoms with van der Waals surface area (Å²) in [4.78, 5) is 9.45. The lowest BCUT2D eigenvalue weighted by Crippen LogP contribution is -2.48. The van der Waals surface area contributed by atoms with Gasteiger partial charge in [-0.2, -0.15) is 0 Å². The third kappa shape index (κ3) is 8.68. The Hall–Kier alpha value is -0.860. The molecule has 1 aliphatic heterocycles. The van der Waals surface area contributed by atoms with Crippen LogP contribution < -0.4 is 10.6 Å². The number of hydrogen-bond donors (Lipinski definition) is 2. The second-order valence-corrected chi connectivity index (χ2v) is 6.96. The SMILES string of the molecule is CCN1CCN(CC(C)CNC(=NC)NCCc2ccccc2)CC1.I. The van der Waals surface area contributed by atoms with Gasteiger partial charge in [-0.15, -0.1) is 24.0 Å². The monoisotopic (exact) mass is 473 g/mol. The fourth-order valence-corrected chi connectivity index (χ4v) is 3.25. The van der Waals surface area contributed by atoms with E-state index in [1.54, 1.807) is 0 Å². The fourth-order valence-electron chi connectivity index (χ4n) is 3.25. The zero-order valence-electron chi connectivity index (χ0n) is 16.6. The number of nitrogens with zero attached hydrogens (tertiary/aromatic N) is 3. The molecule has 1 atom stereocenters. The van der Waals surface area contributed by atoms with Crippen molar-refractivity contribution in [1.29, 1.82) is 0 Å². The van der Waals surface area contributed by atoms with Crippen molar-refractivity contribution in [2.75, 3.05) is 59.4 Å². The van der Waals surface area contributed by atoms with Gasteiger partial charge in [-0.05, 0) is 24.4 Å². The highest BCUT2D eigenvalue weighted by Crippen LogP contribution is 2.05. The topological polar surface area (TPSA) is 42.9 Å². The molecule has 1 aromatic carbocycles. The lowest BCUT2D eigenvalue weighted by molar-refractivity contribution is 0.124. The van der Waals surface area contributed by atoms with Gasteiger partial charge in [0.25, 0.3) is 0 Å². The number of rotatable bonds is 8. The molecular weight excluding hydrogens is 437 g/mol. The number of guanidine groups is 1. The number of nitrogens with one attached hydrogen (secondary N) is 2. The standard InChI is InChI=1S/C20H35N5.HI/c1-4-24-12-14-25(15-13-24)17-18(2)16-23-20(21-3)22-11-10-19-8-6-5-7-9-19;/h5-9,18H,4,10-17H2,1-3H3,(H2,21,22,23);1H. The minimum atomic E-state index is 0. The van der Waals surface area contributed by atoms with Crippen LogP contribution in [0.1, 0.15) is 19.4 Å². The Bertz CT molecular complexity index is 500. The van der Waals surface area contributed by atoms with Crippen molar-refractivity contribution in [2.24, 2.45) is 10.9 Å². The van der Waals surface area contributed by atoms with Crippen LogP contribution in [-0.4, -0.2) is 75.2 Å². The van der Waals surface area contributed by atoms with E-state index in [9.17, 15) is 0 Å². The molecule has 0 radical (unpaired) electrons. The lowest BCUT2D eigenvalue weighted by Gasteiger charge is -2.35. The summed E-state index contributed by atoms with van der Waals surface area (Å²) < 4.78 is 0. The van der Waals surface area contributed by atoms with Crippen LogP contribution in [0.3, 0.4) is 0 Å². The van der Waals surface area contributed by atoms with Crippen LogP contribution in [-0.2, 0) is 6.42 Å². The van der Waals surface area contributed by atoms with Crippen LogP contribution in [0.5, 0.6) is 0 Å². The Morgan fingerprint density at radius 3 is 2.35 bits per heavy atom. The van der Waals surface area contributed by atoms with E-state index in [1.807, 2.05) is 7.05 Å². The predicted octanol–water partition coefficient (Wildman–Crippen LogP) is 2.29. The van der Waals surface area contributed by atoms with E-state index in [2.05, 4.69) is 69.6 Å². The second-order valence-electron chi connectivity index (χ2n) is 6.96. The Labute approximate surface area is 176 Å². The summed E-state index contributed by atoms with van der Waals surface area (Å²) in [7, 11) is 1.84. The molecular formula is C20H36IN5. The summed E-state index contributed by atoms with van der Waals surface area (Å²) in [6.07, 6.45) is 1.01. The predicted molar refractivity (Wildman–Crippen MR) is 123 cm³/mol. The number of likely N-dealkylation sites (N-methyl/N-ethyl adjacent to an activating group) is 1. The molecule has 1 unspecified atom stereocenters. The smallest absolute Gasteiger partial charge is 0.190 e. The normalized spacial score (nSPS) is 17.4. The van der Waals surface area contributed by atoms with Gasteiger partial charge in [0.15, 0.2) is 5.96 Å². The van der Waals surface area contributed by atoms with Gasteiger partial charge >= 0.3 is 0 Å². The van der Waals surface area contributed by atoms with Crippen molar-refractivity contribution < 1.29 is 0 Å². The quantitative estimate of drug-likeness (QED) is 0.346. The maximum Gasteiger partial charge on any atom is 0.190 e. The molecule has 26 heavy (non-hydrogen) atoms. The Morgan fingerprint density at radius 1 is 1.08 bits per heavy atom. The summed E-state index contributed by atoms with van der Waals surface area (Å²) >= 11 is 0. The van der Waals surface area contributed by atoms with E-state index < -0.39 is 0 Å². The highest BCUT2D eigenvalue weighted by Gasteiger charge is 2.17. The molecule has 2 rings (SSSR count). The zero-order chi connectivity index (χ0) is 17.9. The summed E-state index contributed by atoms with van der Waals surface area (Å²) in [6.45, 7) is 13.6. The zero-order valence-corrected chi connectivity index (χ0v) is 18.9. The third-order valence-corrected chi connectivity index (χ3v) is 4.87. The summed E-state index contributed by atoms with van der Waals surface area (Å²) in [5, 5.41) is 6.88. The van der Waals surface area contributed by atoms with Crippen LogP contribution in [0.15, 0.2) is 35.3 Å². The van der Waals surface area contributed by atoms with Crippen LogP contribution >= 0.6 is 24.0 Å². The molecule has 148 valence electrons. The van der Waals surface area contributed by atoms with E-state index in [-0.39, 0.29) is 24.0 Å². The van der Waals surface area contributed by atoms with Crippen LogP contribution in [0.4, 0.5) is 0 Å². The summed E-state index contributed by atoms with van der Waals surface area (Å²) in [6, 6.07) is 10.6. The van der Waals surface area contributed by atoms with Crippen LogP contribution in [0.25, 0.3) is 0 Å². The molecule has 0 aromatic heterocycles. The Kier molecular flexibility index (Phi) is 11.9. The molecule has 1 fully saturated rings. The molecule has 1 saturated heterocycles. The molecule has 6 heteroatoms. The first kappa shape index (κ1) is 23.2. The van der Waals surface area contributed by atoms with Gasteiger partial charge in [0.2, 0.25) is 0 Å². The van der Waals surface area contributed by atoms with Gasteiger partial charge < -0.3 is 20.4 Å². The molecule has 0 amide bonds. The third-order valence-electron chi connectivity index (χ3n) is 4.87. The molecule has 0 aliphatic carbocycles. The molecule has 2 N–H and O–H groups in total. The van der Waals surface area contributed by atoms with Crippen molar-refractivity contribution >= 4 is 29.9 Å². The van der Waals surface area contributed by atoms with E-state index in [4.69, 9.17) is 0 Å². The lowest BCUT2D eigenvalue weighted by atomic mass is 10.1.